The smallest absolute Gasteiger partial charge is 0.306 e. The summed E-state index contributed by atoms with van der Waals surface area (Å²) in [6.45, 7) is 0.0928. The van der Waals surface area contributed by atoms with Crippen molar-refractivity contribution >= 4 is 17.3 Å². The average molecular weight is 334 g/mol. The first kappa shape index (κ1) is 17.2. The van der Waals surface area contributed by atoms with Gasteiger partial charge in [-0.25, -0.2) is 0 Å². The van der Waals surface area contributed by atoms with E-state index in [1.165, 1.54) is 13.2 Å². The van der Waals surface area contributed by atoms with Gasteiger partial charge in [0.15, 0.2) is 11.5 Å². The summed E-state index contributed by atoms with van der Waals surface area (Å²) in [5.41, 5.74) is -0.552. The lowest BCUT2D eigenvalue weighted by molar-refractivity contribution is -0.387. The molecule has 0 saturated heterocycles. The Labute approximate surface area is 137 Å². The van der Waals surface area contributed by atoms with Gasteiger partial charge in [0.1, 0.15) is 0 Å². The molecule has 0 spiro atoms. The van der Waals surface area contributed by atoms with Crippen LogP contribution in [0.3, 0.4) is 0 Å². The molecule has 0 saturated carbocycles. The molecule has 0 aliphatic rings. The summed E-state index contributed by atoms with van der Waals surface area (Å²) in [5, 5.41) is 13.1. The number of halogens is 1. The Kier molecular flexibility index (Phi) is 5.67. The van der Waals surface area contributed by atoms with E-state index in [2.05, 4.69) is 5.32 Å². The highest BCUT2D eigenvalue weighted by Gasteiger charge is 2.15. The average Bonchev–Trinajstić information content (AvgIpc) is 2.56. The fraction of sp³-hybridized carbons (Fsp3) is 0.188. The predicted octanol–water partition coefficient (Wildman–Crippen LogP) is 3.15. The molecule has 126 valence electrons. The van der Waals surface area contributed by atoms with E-state index < -0.39 is 22.3 Å². The number of amides is 1. The van der Waals surface area contributed by atoms with Gasteiger partial charge in [-0.1, -0.05) is 12.1 Å². The van der Waals surface area contributed by atoms with Gasteiger partial charge in [-0.05, 0) is 24.3 Å². The zero-order valence-corrected chi connectivity index (χ0v) is 12.8. The van der Waals surface area contributed by atoms with Gasteiger partial charge in [0.05, 0.1) is 25.1 Å². The van der Waals surface area contributed by atoms with Crippen molar-refractivity contribution in [1.29, 1.82) is 0 Å². The molecule has 24 heavy (non-hydrogen) atoms. The van der Waals surface area contributed by atoms with Crippen LogP contribution in [0.5, 0.6) is 11.5 Å². The van der Waals surface area contributed by atoms with Crippen molar-refractivity contribution in [2.45, 2.75) is 6.42 Å². The standard InChI is InChI=1S/C16H15FN2O5/c1-23-14-4-2-3-5-15(14)24-9-8-16(20)18-11-6-7-12(17)13(10-11)19(21)22/h2-7,10H,8-9H2,1H3,(H,18,20). The van der Waals surface area contributed by atoms with Gasteiger partial charge in [-0.2, -0.15) is 4.39 Å². The molecule has 2 aromatic rings. The maximum Gasteiger partial charge on any atom is 0.306 e. The second-order valence-electron chi connectivity index (χ2n) is 4.72. The number of methoxy groups -OCH3 is 1. The van der Waals surface area contributed by atoms with Crippen LogP contribution in [-0.4, -0.2) is 24.5 Å². The summed E-state index contributed by atoms with van der Waals surface area (Å²) < 4.78 is 23.8. The Balaban J connectivity index is 1.90. The summed E-state index contributed by atoms with van der Waals surface area (Å²) in [4.78, 5) is 21.7. The summed E-state index contributed by atoms with van der Waals surface area (Å²) in [5.74, 6) is -0.319. The van der Waals surface area contributed by atoms with Crippen molar-refractivity contribution in [1.82, 2.24) is 0 Å². The van der Waals surface area contributed by atoms with Crippen LogP contribution in [-0.2, 0) is 4.79 Å². The van der Waals surface area contributed by atoms with Crippen molar-refractivity contribution in [3.63, 3.8) is 0 Å². The molecule has 2 aromatic carbocycles. The van der Waals surface area contributed by atoms with Gasteiger partial charge in [0.25, 0.3) is 0 Å². The van der Waals surface area contributed by atoms with Gasteiger partial charge < -0.3 is 14.8 Å². The number of rotatable bonds is 7. The monoisotopic (exact) mass is 334 g/mol. The van der Waals surface area contributed by atoms with Gasteiger partial charge in [0.2, 0.25) is 11.7 Å². The summed E-state index contributed by atoms with van der Waals surface area (Å²) in [6, 6.07) is 10.2. The number of nitrogens with one attached hydrogen (secondary N) is 1. The molecule has 0 aliphatic carbocycles. The molecule has 0 bridgehead atoms. The van der Waals surface area contributed by atoms with E-state index in [9.17, 15) is 19.3 Å². The summed E-state index contributed by atoms with van der Waals surface area (Å²) in [6.07, 6.45) is 0.0171. The van der Waals surface area contributed by atoms with E-state index in [4.69, 9.17) is 9.47 Å². The number of carbonyl (C=O) groups is 1. The molecule has 0 fully saturated rings. The zero-order valence-electron chi connectivity index (χ0n) is 12.8. The molecule has 7 nitrogen and oxygen atoms in total. The van der Waals surface area contributed by atoms with E-state index in [0.717, 1.165) is 12.1 Å². The number of para-hydroxylation sites is 2. The lowest BCUT2D eigenvalue weighted by atomic mass is 10.2. The first-order valence-electron chi connectivity index (χ1n) is 7.01. The van der Waals surface area contributed by atoms with Crippen molar-refractivity contribution in [3.8, 4) is 11.5 Å². The Hall–Kier alpha value is -3.16. The van der Waals surface area contributed by atoms with Crippen molar-refractivity contribution in [2.75, 3.05) is 19.0 Å². The third kappa shape index (κ3) is 4.42. The molecule has 0 aliphatic heterocycles. The number of benzene rings is 2. The number of anilines is 1. The number of nitro benzene ring substituents is 1. The third-order valence-electron chi connectivity index (χ3n) is 3.08. The Morgan fingerprint density at radius 3 is 2.62 bits per heavy atom. The van der Waals surface area contributed by atoms with Crippen LogP contribution in [0.1, 0.15) is 6.42 Å². The fourth-order valence-corrected chi connectivity index (χ4v) is 1.95. The number of hydrogen-bond acceptors (Lipinski definition) is 5. The SMILES string of the molecule is COc1ccccc1OCCC(=O)Nc1ccc(F)c([N+](=O)[O-])c1. The minimum absolute atomic E-state index is 0.0171. The van der Waals surface area contributed by atoms with E-state index in [-0.39, 0.29) is 18.7 Å². The molecule has 0 radical (unpaired) electrons. The Morgan fingerprint density at radius 2 is 1.96 bits per heavy atom. The topological polar surface area (TPSA) is 90.7 Å². The van der Waals surface area contributed by atoms with Gasteiger partial charge in [0, 0.05) is 11.8 Å². The number of hydrogen-bond donors (Lipinski definition) is 1. The van der Waals surface area contributed by atoms with Crippen LogP contribution in [0.15, 0.2) is 42.5 Å². The molecule has 0 atom stereocenters. The molecule has 0 heterocycles. The normalized spacial score (nSPS) is 10.1. The highest BCUT2D eigenvalue weighted by molar-refractivity contribution is 5.91. The summed E-state index contributed by atoms with van der Waals surface area (Å²) >= 11 is 0. The minimum Gasteiger partial charge on any atom is -0.493 e. The van der Waals surface area contributed by atoms with Gasteiger partial charge in [-0.15, -0.1) is 0 Å². The van der Waals surface area contributed by atoms with Crippen LogP contribution < -0.4 is 14.8 Å². The van der Waals surface area contributed by atoms with E-state index in [1.54, 1.807) is 24.3 Å². The zero-order chi connectivity index (χ0) is 17.5. The van der Waals surface area contributed by atoms with Crippen LogP contribution in [0.2, 0.25) is 0 Å². The lowest BCUT2D eigenvalue weighted by Gasteiger charge is -2.10. The third-order valence-corrected chi connectivity index (χ3v) is 3.08. The van der Waals surface area contributed by atoms with Crippen molar-refractivity contribution in [2.24, 2.45) is 0 Å². The molecule has 1 N–H and O–H groups in total. The van der Waals surface area contributed by atoms with Crippen molar-refractivity contribution in [3.05, 3.63) is 58.4 Å². The molecular weight excluding hydrogens is 319 g/mol. The molecule has 2 rings (SSSR count). The van der Waals surface area contributed by atoms with E-state index in [1.807, 2.05) is 0 Å². The molecule has 1 amide bonds. The number of carbonyl (C=O) groups excluding carboxylic acids is 1. The number of nitro groups is 1. The summed E-state index contributed by atoms with van der Waals surface area (Å²) in [7, 11) is 1.51. The first-order valence-corrected chi connectivity index (χ1v) is 7.01. The largest absolute Gasteiger partial charge is 0.493 e. The first-order chi connectivity index (χ1) is 11.5. The quantitative estimate of drug-likeness (QED) is 0.620. The molecule has 8 heteroatoms. The van der Waals surface area contributed by atoms with Crippen LogP contribution in [0.4, 0.5) is 15.8 Å². The Morgan fingerprint density at radius 1 is 1.25 bits per heavy atom. The van der Waals surface area contributed by atoms with Gasteiger partial charge >= 0.3 is 5.69 Å². The number of ether oxygens (including phenoxy) is 2. The lowest BCUT2D eigenvalue weighted by Crippen LogP contribution is -2.15. The maximum atomic E-state index is 13.2. The second-order valence-corrected chi connectivity index (χ2v) is 4.72. The highest BCUT2D eigenvalue weighted by Crippen LogP contribution is 2.26. The second kappa shape index (κ2) is 7.91. The molecule has 0 aromatic heterocycles. The molecule has 0 unspecified atom stereocenters. The highest BCUT2D eigenvalue weighted by atomic mass is 19.1. The Bertz CT molecular complexity index is 751. The van der Waals surface area contributed by atoms with Crippen LogP contribution in [0, 0.1) is 15.9 Å². The van der Waals surface area contributed by atoms with E-state index >= 15 is 0 Å². The van der Waals surface area contributed by atoms with Crippen molar-refractivity contribution < 1.29 is 23.6 Å². The van der Waals surface area contributed by atoms with E-state index in [0.29, 0.717) is 11.5 Å². The van der Waals surface area contributed by atoms with Crippen LogP contribution in [0.25, 0.3) is 0 Å². The van der Waals surface area contributed by atoms with Crippen LogP contribution >= 0.6 is 0 Å². The maximum absolute atomic E-state index is 13.2. The minimum atomic E-state index is -0.961. The molecular formula is C16H15FN2O5. The number of nitrogens with zero attached hydrogens (tertiary/aromatic N) is 1. The van der Waals surface area contributed by atoms with Gasteiger partial charge in [-0.3, -0.25) is 14.9 Å². The fourth-order valence-electron chi connectivity index (χ4n) is 1.95. The predicted molar refractivity (Wildman–Crippen MR) is 84.8 cm³/mol.